The minimum atomic E-state index is -0.443. The molecule has 3 heterocycles. The molecule has 4 N–H and O–H groups in total. The van der Waals surface area contributed by atoms with E-state index in [0.717, 1.165) is 38.0 Å². The maximum absolute atomic E-state index is 10.9. The van der Waals surface area contributed by atoms with E-state index in [2.05, 4.69) is 32.8 Å². The fourth-order valence-corrected chi connectivity index (χ4v) is 6.48. The van der Waals surface area contributed by atoms with E-state index in [4.69, 9.17) is 14.7 Å². The van der Waals surface area contributed by atoms with E-state index in [0.29, 0.717) is 47.3 Å². The Balaban J connectivity index is 1.24. The second kappa shape index (κ2) is 7.06. The number of H-pyrrole nitrogens is 1. The summed E-state index contributed by atoms with van der Waals surface area (Å²) in [5, 5.41) is 25.0. The Morgan fingerprint density at radius 3 is 2.55 bits per heavy atom. The summed E-state index contributed by atoms with van der Waals surface area (Å²) in [6, 6.07) is 4.09. The lowest BCUT2D eigenvalue weighted by Crippen LogP contribution is -2.59. The fourth-order valence-electron chi connectivity index (χ4n) is 6.48. The summed E-state index contributed by atoms with van der Waals surface area (Å²) in [4.78, 5) is 11.7. The van der Waals surface area contributed by atoms with Crippen molar-refractivity contribution in [1.82, 2.24) is 25.1 Å². The first-order valence-electron chi connectivity index (χ1n) is 11.4. The lowest BCUT2D eigenvalue weighted by molar-refractivity contribution is -0.129. The number of aryl methyl sites for hydroxylation is 1. The molecule has 9 nitrogen and oxygen atoms in total. The van der Waals surface area contributed by atoms with Gasteiger partial charge in [0.2, 0.25) is 11.8 Å². The molecular weight excluding hydrogens is 394 g/mol. The van der Waals surface area contributed by atoms with Crippen LogP contribution in [0, 0.1) is 24.7 Å². The van der Waals surface area contributed by atoms with Crippen molar-refractivity contribution < 1.29 is 9.84 Å². The Hall–Kier alpha value is -2.39. The van der Waals surface area contributed by atoms with Crippen LogP contribution in [0.4, 0.5) is 17.6 Å². The molecule has 9 heteroatoms. The molecule has 1 aliphatic heterocycles. The standard InChI is InChI=1S/C22H31N7O2/c1-12-3-18(28-27-12)23-17-6-19(31-16-10-29(2)11-16)25-21(24-17)26-20-14-4-13-5-15(20)9-22(30,7-13)8-14/h3,6,13-16,20,30H,4-5,7-11H2,1-2H3,(H3,23,24,25,26,27,28). The van der Waals surface area contributed by atoms with E-state index in [1.54, 1.807) is 0 Å². The fraction of sp³-hybridized carbons (Fsp3) is 0.682. The lowest BCUT2D eigenvalue weighted by Gasteiger charge is -2.58. The highest BCUT2D eigenvalue weighted by atomic mass is 16.5. The molecule has 5 aliphatic rings. The van der Waals surface area contributed by atoms with Crippen LogP contribution < -0.4 is 15.4 Å². The van der Waals surface area contributed by atoms with Gasteiger partial charge in [0.1, 0.15) is 11.9 Å². The van der Waals surface area contributed by atoms with Gasteiger partial charge >= 0.3 is 0 Å². The Kier molecular flexibility index (Phi) is 4.40. The van der Waals surface area contributed by atoms with Crippen LogP contribution in [-0.4, -0.2) is 68.1 Å². The van der Waals surface area contributed by atoms with Crippen LogP contribution in [0.2, 0.25) is 0 Å². The van der Waals surface area contributed by atoms with Gasteiger partial charge in [0.25, 0.3) is 0 Å². The molecule has 0 aromatic carbocycles. The molecule has 0 radical (unpaired) electrons. The average Bonchev–Trinajstić information content (AvgIpc) is 3.07. The number of nitrogens with zero attached hydrogens (tertiary/aromatic N) is 4. The molecular formula is C22H31N7O2. The van der Waals surface area contributed by atoms with E-state index in [1.165, 1.54) is 12.8 Å². The number of ether oxygens (including phenoxy) is 1. The van der Waals surface area contributed by atoms with E-state index in [-0.39, 0.29) is 6.10 Å². The molecule has 7 rings (SSSR count). The first-order valence-corrected chi connectivity index (χ1v) is 11.4. The van der Waals surface area contributed by atoms with Crippen molar-refractivity contribution in [3.8, 4) is 5.88 Å². The number of likely N-dealkylation sites (tertiary alicyclic amines) is 1. The van der Waals surface area contributed by atoms with Gasteiger partial charge in [-0.25, -0.2) is 0 Å². The van der Waals surface area contributed by atoms with Crippen molar-refractivity contribution in [2.45, 2.75) is 56.8 Å². The summed E-state index contributed by atoms with van der Waals surface area (Å²) in [6.07, 6.45) is 5.31. The highest BCUT2D eigenvalue weighted by Gasteiger charge is 2.54. The molecule has 31 heavy (non-hydrogen) atoms. The normalized spacial score (nSPS) is 34.5. The molecule has 2 unspecified atom stereocenters. The number of hydrogen-bond acceptors (Lipinski definition) is 8. The van der Waals surface area contributed by atoms with Crippen LogP contribution in [0.15, 0.2) is 12.1 Å². The Morgan fingerprint density at radius 1 is 1.13 bits per heavy atom. The first kappa shape index (κ1) is 19.3. The van der Waals surface area contributed by atoms with E-state index in [1.807, 2.05) is 19.1 Å². The second-order valence-corrected chi connectivity index (χ2v) is 10.3. The minimum absolute atomic E-state index is 0.156. The number of nitrogens with one attached hydrogen (secondary N) is 3. The van der Waals surface area contributed by atoms with Gasteiger partial charge in [-0.05, 0) is 63.8 Å². The van der Waals surface area contributed by atoms with Crippen LogP contribution >= 0.6 is 0 Å². The van der Waals surface area contributed by atoms with Crippen LogP contribution in [0.25, 0.3) is 0 Å². The zero-order valence-corrected chi connectivity index (χ0v) is 18.1. The van der Waals surface area contributed by atoms with Gasteiger partial charge in [0.15, 0.2) is 5.82 Å². The molecule has 2 aromatic heterocycles. The van der Waals surface area contributed by atoms with E-state index in [9.17, 15) is 5.11 Å². The molecule has 4 saturated carbocycles. The summed E-state index contributed by atoms with van der Waals surface area (Å²) >= 11 is 0. The largest absolute Gasteiger partial charge is 0.471 e. The van der Waals surface area contributed by atoms with E-state index < -0.39 is 5.60 Å². The number of aromatic amines is 1. The number of hydrogen-bond donors (Lipinski definition) is 4. The summed E-state index contributed by atoms with van der Waals surface area (Å²) in [5.41, 5.74) is 0.539. The van der Waals surface area contributed by atoms with Crippen molar-refractivity contribution in [2.24, 2.45) is 17.8 Å². The SMILES string of the molecule is Cc1cc(Nc2cc(OC3CN(C)C3)nc(NC3C4CC5CC3CC(O)(C5)C4)n2)n[nH]1. The number of anilines is 3. The van der Waals surface area contributed by atoms with Gasteiger partial charge in [-0.3, -0.25) is 10.00 Å². The van der Waals surface area contributed by atoms with Crippen molar-refractivity contribution in [3.05, 3.63) is 17.8 Å². The van der Waals surface area contributed by atoms with E-state index >= 15 is 0 Å². The molecule has 0 spiro atoms. The van der Waals surface area contributed by atoms with Gasteiger partial charge in [-0.2, -0.15) is 15.1 Å². The smallest absolute Gasteiger partial charge is 0.228 e. The molecule has 1 saturated heterocycles. The maximum atomic E-state index is 10.9. The topological polar surface area (TPSA) is 111 Å². The van der Waals surface area contributed by atoms with Gasteiger partial charge in [-0.1, -0.05) is 0 Å². The predicted molar refractivity (Wildman–Crippen MR) is 116 cm³/mol. The van der Waals surface area contributed by atoms with Gasteiger partial charge in [0.05, 0.1) is 5.60 Å². The molecule has 2 atom stereocenters. The second-order valence-electron chi connectivity index (χ2n) is 10.3. The predicted octanol–water partition coefficient (Wildman–Crippen LogP) is 2.30. The summed E-state index contributed by atoms with van der Waals surface area (Å²) in [5.74, 6) is 4.18. The Bertz CT molecular complexity index is 957. The number of aliphatic hydroxyl groups is 1. The summed E-state index contributed by atoms with van der Waals surface area (Å²) < 4.78 is 6.13. The number of aromatic nitrogens is 4. The molecule has 0 amide bonds. The molecule has 166 valence electrons. The number of likely N-dealkylation sites (N-methyl/N-ethyl adjacent to an activating group) is 1. The summed E-state index contributed by atoms with van der Waals surface area (Å²) in [7, 11) is 2.08. The number of rotatable bonds is 6. The third-order valence-electron chi connectivity index (χ3n) is 7.52. The van der Waals surface area contributed by atoms with Crippen molar-refractivity contribution in [3.63, 3.8) is 0 Å². The van der Waals surface area contributed by atoms with Gasteiger partial charge in [0, 0.05) is 37.0 Å². The van der Waals surface area contributed by atoms with Crippen LogP contribution in [0.3, 0.4) is 0 Å². The zero-order chi connectivity index (χ0) is 21.2. The Morgan fingerprint density at radius 2 is 1.90 bits per heavy atom. The third-order valence-corrected chi connectivity index (χ3v) is 7.52. The van der Waals surface area contributed by atoms with Crippen LogP contribution in [0.5, 0.6) is 5.88 Å². The highest BCUT2D eigenvalue weighted by Crippen LogP contribution is 2.56. The monoisotopic (exact) mass is 425 g/mol. The molecule has 4 bridgehead atoms. The quantitative estimate of drug-likeness (QED) is 0.558. The third kappa shape index (κ3) is 3.74. The van der Waals surface area contributed by atoms with Crippen LogP contribution in [-0.2, 0) is 0 Å². The maximum Gasteiger partial charge on any atom is 0.228 e. The van der Waals surface area contributed by atoms with Crippen molar-refractivity contribution in [1.29, 1.82) is 0 Å². The first-order chi connectivity index (χ1) is 14.9. The van der Waals surface area contributed by atoms with Crippen molar-refractivity contribution >= 4 is 17.6 Å². The van der Waals surface area contributed by atoms with Crippen LogP contribution in [0.1, 0.15) is 37.8 Å². The van der Waals surface area contributed by atoms with Crippen molar-refractivity contribution in [2.75, 3.05) is 30.8 Å². The Labute approximate surface area is 182 Å². The van der Waals surface area contributed by atoms with Gasteiger partial charge in [-0.15, -0.1) is 0 Å². The zero-order valence-electron chi connectivity index (χ0n) is 18.1. The molecule has 5 fully saturated rings. The molecule has 4 aliphatic carbocycles. The van der Waals surface area contributed by atoms with Gasteiger partial charge < -0.3 is 20.5 Å². The minimum Gasteiger partial charge on any atom is -0.471 e. The summed E-state index contributed by atoms with van der Waals surface area (Å²) in [6.45, 7) is 3.77. The average molecular weight is 426 g/mol. The highest BCUT2D eigenvalue weighted by molar-refractivity contribution is 5.55. The lowest BCUT2D eigenvalue weighted by atomic mass is 9.52. The molecule has 2 aromatic rings.